The number of hydrogen-bond donors (Lipinski definition) is 4. The average molecular weight is 623 g/mol. The summed E-state index contributed by atoms with van der Waals surface area (Å²) in [4.78, 5) is 53.8. The summed E-state index contributed by atoms with van der Waals surface area (Å²) in [5, 5.41) is 26.7. The van der Waals surface area contributed by atoms with Crippen LogP contribution < -0.4 is 15.8 Å². The molecule has 210 valence electrons. The number of β-lactam (4-membered cyclic amide) rings is 1. The van der Waals surface area contributed by atoms with Gasteiger partial charge in [-0.05, 0) is 23.9 Å². The summed E-state index contributed by atoms with van der Waals surface area (Å²) in [6.07, 6.45) is 0. The number of thiazole rings is 1. The number of amides is 2. The molecule has 2 aliphatic heterocycles. The standard InChI is InChI=1S/C22H22N8O6S4/c1-8(40-22-26-16(27-28-22)15-11(35-2)4-5-37-15)9-6-38-19-13(18(32)30(19)14(9)20(33)34)25-17(31)12(29-36-3)10-7-39-21(23)24-10/h4-5,7-8,13,19H,6H2,1-3H3,(H2,23,24)(H,25,31)(H,33,34)(H,26,27,28)/t8?,13-,19+/m1/s1. The van der Waals surface area contributed by atoms with E-state index in [-0.39, 0.29) is 27.5 Å². The lowest BCUT2D eigenvalue weighted by atomic mass is 10.0. The van der Waals surface area contributed by atoms with Gasteiger partial charge in [-0.3, -0.25) is 19.6 Å². The van der Waals surface area contributed by atoms with Crippen LogP contribution in [0.3, 0.4) is 0 Å². The number of nitrogen functional groups attached to an aromatic ring is 1. The third-order valence-corrected chi connectivity index (χ3v) is 9.86. The number of carbonyl (C=O) groups excluding carboxylic acids is 2. The zero-order valence-electron chi connectivity index (χ0n) is 21.1. The molecule has 0 aliphatic carbocycles. The van der Waals surface area contributed by atoms with E-state index in [2.05, 4.69) is 30.6 Å². The number of aliphatic carboxylic acids is 1. The molecule has 3 aromatic rings. The van der Waals surface area contributed by atoms with Crippen LogP contribution in [0.25, 0.3) is 10.7 Å². The Bertz CT molecular complexity index is 1530. The lowest BCUT2D eigenvalue weighted by Gasteiger charge is -2.49. The summed E-state index contributed by atoms with van der Waals surface area (Å²) in [6.45, 7) is 1.84. The number of ether oxygens (including phenoxy) is 1. The van der Waals surface area contributed by atoms with Crippen LogP contribution in [0, 0.1) is 0 Å². The molecule has 5 heterocycles. The largest absolute Gasteiger partial charge is 0.495 e. The molecular weight excluding hydrogens is 601 g/mol. The van der Waals surface area contributed by atoms with Gasteiger partial charge in [0.15, 0.2) is 16.7 Å². The molecule has 0 aromatic carbocycles. The first-order valence-corrected chi connectivity index (χ1v) is 15.2. The van der Waals surface area contributed by atoms with Crippen molar-refractivity contribution in [3.05, 3.63) is 33.8 Å². The van der Waals surface area contributed by atoms with Crippen molar-refractivity contribution in [2.24, 2.45) is 5.16 Å². The number of fused-ring (bicyclic) bond motifs is 1. The second-order valence-electron chi connectivity index (χ2n) is 8.28. The van der Waals surface area contributed by atoms with Crippen LogP contribution in [0.5, 0.6) is 5.75 Å². The molecule has 1 fully saturated rings. The molecule has 2 amide bonds. The summed E-state index contributed by atoms with van der Waals surface area (Å²) < 4.78 is 5.34. The van der Waals surface area contributed by atoms with Crippen molar-refractivity contribution in [3.8, 4) is 16.5 Å². The van der Waals surface area contributed by atoms with E-state index in [4.69, 9.17) is 15.3 Å². The number of rotatable bonds is 10. The molecule has 1 saturated heterocycles. The lowest BCUT2D eigenvalue weighted by Crippen LogP contribution is -2.71. The van der Waals surface area contributed by atoms with Gasteiger partial charge in [-0.1, -0.05) is 16.9 Å². The van der Waals surface area contributed by atoms with Crippen LogP contribution in [0.1, 0.15) is 12.6 Å². The number of nitrogens with zero attached hydrogens (tertiary/aromatic N) is 5. The minimum atomic E-state index is -1.23. The van der Waals surface area contributed by atoms with Crippen LogP contribution in [-0.4, -0.2) is 90.3 Å². The third kappa shape index (κ3) is 5.14. The number of nitrogens with two attached hydrogens (primary N) is 1. The zero-order valence-corrected chi connectivity index (χ0v) is 24.4. The van der Waals surface area contributed by atoms with E-state index in [0.717, 1.165) is 16.2 Å². The summed E-state index contributed by atoms with van der Waals surface area (Å²) in [5.41, 5.74) is 6.17. The monoisotopic (exact) mass is 622 g/mol. The van der Waals surface area contributed by atoms with E-state index in [1.807, 2.05) is 18.4 Å². The van der Waals surface area contributed by atoms with Gasteiger partial charge in [0.2, 0.25) is 5.16 Å². The molecule has 0 bridgehead atoms. The number of H-pyrrole nitrogens is 1. The first-order chi connectivity index (χ1) is 19.2. The Morgan fingerprint density at radius 1 is 1.35 bits per heavy atom. The van der Waals surface area contributed by atoms with Crippen molar-refractivity contribution < 1.29 is 29.1 Å². The average Bonchev–Trinajstić information content (AvgIpc) is 3.70. The molecule has 5 N–H and O–H groups in total. The van der Waals surface area contributed by atoms with Gasteiger partial charge in [-0.15, -0.1) is 39.5 Å². The van der Waals surface area contributed by atoms with E-state index >= 15 is 0 Å². The number of carbonyl (C=O) groups is 3. The highest BCUT2D eigenvalue weighted by Crippen LogP contribution is 2.44. The summed E-state index contributed by atoms with van der Waals surface area (Å²) in [5.74, 6) is -0.925. The van der Waals surface area contributed by atoms with Crippen LogP contribution in [0.2, 0.25) is 0 Å². The molecule has 1 unspecified atom stereocenters. The smallest absolute Gasteiger partial charge is 0.352 e. The van der Waals surface area contributed by atoms with Gasteiger partial charge >= 0.3 is 5.97 Å². The SMILES string of the molecule is CON=C(C(=O)N[C@@H]1C(=O)N2C(C(=O)O)=C(C(C)Sc3n[nH]c(-c4sccc4OC)n3)CS[C@@H]12)c1csc(N)n1. The van der Waals surface area contributed by atoms with E-state index in [1.54, 1.807) is 12.5 Å². The Balaban J connectivity index is 1.31. The van der Waals surface area contributed by atoms with Gasteiger partial charge < -0.3 is 25.7 Å². The molecule has 3 aromatic heterocycles. The first-order valence-electron chi connectivity index (χ1n) is 11.5. The van der Waals surface area contributed by atoms with E-state index in [1.165, 1.54) is 46.9 Å². The maximum absolute atomic E-state index is 13.1. The fraction of sp³-hybridized carbons (Fsp3) is 0.318. The van der Waals surface area contributed by atoms with Crippen LogP contribution in [0.4, 0.5) is 5.13 Å². The number of carboxylic acid groups (broad SMARTS) is 1. The molecule has 2 aliphatic rings. The molecule has 3 atom stereocenters. The molecule has 0 radical (unpaired) electrons. The van der Waals surface area contributed by atoms with E-state index in [9.17, 15) is 19.5 Å². The Labute approximate surface area is 243 Å². The van der Waals surface area contributed by atoms with Crippen molar-refractivity contribution in [3.63, 3.8) is 0 Å². The molecule has 0 spiro atoms. The Morgan fingerprint density at radius 2 is 2.15 bits per heavy atom. The third-order valence-electron chi connectivity index (χ3n) is 5.95. The van der Waals surface area contributed by atoms with Gasteiger partial charge in [0.05, 0.1) is 7.11 Å². The van der Waals surface area contributed by atoms with Crippen molar-refractivity contribution in [2.45, 2.75) is 28.7 Å². The highest BCUT2D eigenvalue weighted by atomic mass is 32.2. The number of nitrogens with one attached hydrogen (secondary N) is 2. The lowest BCUT2D eigenvalue weighted by molar-refractivity contribution is -0.150. The van der Waals surface area contributed by atoms with Crippen LogP contribution in [0.15, 0.2) is 38.4 Å². The summed E-state index contributed by atoms with van der Waals surface area (Å²) >= 11 is 5.21. The molecule has 5 rings (SSSR count). The zero-order chi connectivity index (χ0) is 28.6. The van der Waals surface area contributed by atoms with Crippen molar-refractivity contribution >= 4 is 74.8 Å². The fourth-order valence-electron chi connectivity index (χ4n) is 4.12. The van der Waals surface area contributed by atoms with Crippen LogP contribution in [-0.2, 0) is 19.2 Å². The molecule has 18 heteroatoms. The number of thioether (sulfide) groups is 2. The van der Waals surface area contributed by atoms with Crippen molar-refractivity contribution in [1.29, 1.82) is 0 Å². The highest BCUT2D eigenvalue weighted by Gasteiger charge is 2.55. The number of carboxylic acids is 1. The number of methoxy groups -OCH3 is 1. The van der Waals surface area contributed by atoms with Gasteiger partial charge in [0.1, 0.15) is 40.5 Å². The molecular formula is C22H22N8O6S4. The van der Waals surface area contributed by atoms with Gasteiger partial charge in [-0.25, -0.2) is 14.8 Å². The Morgan fingerprint density at radius 3 is 2.83 bits per heavy atom. The maximum Gasteiger partial charge on any atom is 0.352 e. The maximum atomic E-state index is 13.1. The quantitative estimate of drug-likeness (QED) is 0.111. The number of thiophene rings is 1. The second kappa shape index (κ2) is 11.5. The normalized spacial score (nSPS) is 19.6. The van der Waals surface area contributed by atoms with Crippen molar-refractivity contribution in [2.75, 3.05) is 25.7 Å². The van der Waals surface area contributed by atoms with Gasteiger partial charge in [0.25, 0.3) is 11.8 Å². The highest BCUT2D eigenvalue weighted by molar-refractivity contribution is 8.01. The minimum Gasteiger partial charge on any atom is -0.495 e. The predicted molar refractivity (Wildman–Crippen MR) is 151 cm³/mol. The topological polar surface area (TPSA) is 198 Å². The van der Waals surface area contributed by atoms with Crippen LogP contribution >= 0.6 is 46.2 Å². The second-order valence-corrected chi connectivity index (χ2v) is 12.5. The number of anilines is 1. The minimum absolute atomic E-state index is 0.104. The van der Waals surface area contributed by atoms with Gasteiger partial charge in [0, 0.05) is 16.4 Å². The van der Waals surface area contributed by atoms with E-state index < -0.39 is 29.2 Å². The summed E-state index contributed by atoms with van der Waals surface area (Å²) in [7, 11) is 2.85. The molecule has 0 saturated carbocycles. The molecule has 40 heavy (non-hydrogen) atoms. The number of aromatic nitrogens is 4. The number of aromatic amines is 1. The Kier molecular flexibility index (Phi) is 8.02. The molecule has 14 nitrogen and oxygen atoms in total. The summed E-state index contributed by atoms with van der Waals surface area (Å²) in [6, 6.07) is 0.878. The van der Waals surface area contributed by atoms with Gasteiger partial charge in [-0.2, -0.15) is 0 Å². The van der Waals surface area contributed by atoms with Crippen molar-refractivity contribution in [1.82, 2.24) is 30.4 Å². The number of oxime groups is 1. The predicted octanol–water partition coefficient (Wildman–Crippen LogP) is 1.85. The fourth-order valence-corrected chi connectivity index (χ4v) is 7.94. The first kappa shape index (κ1) is 27.9. The number of hydrogen-bond acceptors (Lipinski definition) is 14. The van der Waals surface area contributed by atoms with E-state index in [0.29, 0.717) is 28.1 Å². The Hall–Kier alpha value is -3.61.